The van der Waals surface area contributed by atoms with Gasteiger partial charge < -0.3 is 10.4 Å². The fraction of sp³-hybridized carbons (Fsp3) is 0.238. The molecule has 0 aromatic carbocycles. The Bertz CT molecular complexity index is 1240. The third kappa shape index (κ3) is 2.75. The number of hydrogen-bond donors (Lipinski definition) is 2. The van der Waals surface area contributed by atoms with Crippen LogP contribution in [-0.4, -0.2) is 31.5 Å². The van der Waals surface area contributed by atoms with Gasteiger partial charge in [0.25, 0.3) is 0 Å². The van der Waals surface area contributed by atoms with E-state index < -0.39 is 6.10 Å². The Morgan fingerprint density at radius 3 is 2.64 bits per heavy atom. The van der Waals surface area contributed by atoms with Gasteiger partial charge in [0.05, 0.1) is 23.5 Å². The van der Waals surface area contributed by atoms with Gasteiger partial charge in [0.1, 0.15) is 23.2 Å². The highest BCUT2D eigenvalue weighted by Crippen LogP contribution is 2.33. The SMILES string of the molecule is CCC(O)c1cc(C)c(-c2cc3cnc(NC)cc3n3c(C#N)cnc23)cn1. The van der Waals surface area contributed by atoms with Crippen LogP contribution >= 0.6 is 0 Å². The van der Waals surface area contributed by atoms with Crippen molar-refractivity contribution < 1.29 is 5.11 Å². The molecule has 1 unspecified atom stereocenters. The molecule has 0 radical (unpaired) electrons. The number of imidazole rings is 1. The quantitative estimate of drug-likeness (QED) is 0.568. The van der Waals surface area contributed by atoms with E-state index in [1.165, 1.54) is 0 Å². The standard InChI is InChI=1S/C21H20N6O/c1-4-19(28)17-5-12(2)16(11-24-17)15-6-13-9-25-20(23-3)7-18(13)27-14(8-22)10-26-21(15)27/h5-7,9-11,19,28H,4H2,1-3H3,(H,23,25). The molecule has 4 aromatic heterocycles. The molecule has 4 heterocycles. The summed E-state index contributed by atoms with van der Waals surface area (Å²) in [5, 5.41) is 23.6. The highest BCUT2D eigenvalue weighted by molar-refractivity contribution is 5.93. The number of pyridine rings is 3. The largest absolute Gasteiger partial charge is 0.387 e. The molecular weight excluding hydrogens is 352 g/mol. The Labute approximate surface area is 162 Å². The third-order valence-electron chi connectivity index (χ3n) is 4.98. The van der Waals surface area contributed by atoms with Crippen LogP contribution in [0.15, 0.2) is 36.8 Å². The molecule has 0 bridgehead atoms. The molecule has 0 spiro atoms. The highest BCUT2D eigenvalue weighted by Gasteiger charge is 2.17. The number of aliphatic hydroxyl groups is 1. The molecule has 0 fully saturated rings. The van der Waals surface area contributed by atoms with Crippen molar-refractivity contribution >= 4 is 22.4 Å². The first-order valence-corrected chi connectivity index (χ1v) is 9.10. The molecule has 1 atom stereocenters. The normalized spacial score (nSPS) is 12.2. The summed E-state index contributed by atoms with van der Waals surface area (Å²) in [6, 6.07) is 8.04. The summed E-state index contributed by atoms with van der Waals surface area (Å²) in [6.45, 7) is 3.91. The molecule has 0 saturated heterocycles. The summed E-state index contributed by atoms with van der Waals surface area (Å²) < 4.78 is 1.85. The lowest BCUT2D eigenvalue weighted by Crippen LogP contribution is -2.02. The first kappa shape index (κ1) is 17.9. The molecule has 7 nitrogen and oxygen atoms in total. The van der Waals surface area contributed by atoms with E-state index >= 15 is 0 Å². The molecule has 4 aromatic rings. The lowest BCUT2D eigenvalue weighted by molar-refractivity contribution is 0.169. The lowest BCUT2D eigenvalue weighted by atomic mass is 10.0. The fourth-order valence-corrected chi connectivity index (χ4v) is 3.43. The van der Waals surface area contributed by atoms with E-state index in [4.69, 9.17) is 0 Å². The number of aromatic nitrogens is 4. The van der Waals surface area contributed by atoms with E-state index in [-0.39, 0.29) is 0 Å². The Morgan fingerprint density at radius 2 is 1.96 bits per heavy atom. The average Bonchev–Trinajstić information content (AvgIpc) is 3.17. The summed E-state index contributed by atoms with van der Waals surface area (Å²) in [4.78, 5) is 13.4. The summed E-state index contributed by atoms with van der Waals surface area (Å²) in [7, 11) is 1.81. The van der Waals surface area contributed by atoms with E-state index in [2.05, 4.69) is 26.3 Å². The van der Waals surface area contributed by atoms with Gasteiger partial charge in [0.2, 0.25) is 0 Å². The zero-order chi connectivity index (χ0) is 19.8. The minimum atomic E-state index is -0.579. The van der Waals surface area contributed by atoms with Crippen LogP contribution in [0.1, 0.15) is 36.4 Å². The number of nitrogens with one attached hydrogen (secondary N) is 1. The molecule has 0 amide bonds. The van der Waals surface area contributed by atoms with Crippen LogP contribution in [0.25, 0.3) is 27.7 Å². The maximum absolute atomic E-state index is 10.1. The zero-order valence-corrected chi connectivity index (χ0v) is 15.9. The van der Waals surface area contributed by atoms with E-state index in [0.717, 1.165) is 33.4 Å². The van der Waals surface area contributed by atoms with Gasteiger partial charge in [0, 0.05) is 42.0 Å². The van der Waals surface area contributed by atoms with E-state index in [1.54, 1.807) is 25.6 Å². The second kappa shape index (κ2) is 6.91. The van der Waals surface area contributed by atoms with Crippen molar-refractivity contribution in [2.75, 3.05) is 12.4 Å². The summed E-state index contributed by atoms with van der Waals surface area (Å²) >= 11 is 0. The van der Waals surface area contributed by atoms with Crippen molar-refractivity contribution in [3.63, 3.8) is 0 Å². The van der Waals surface area contributed by atoms with Crippen molar-refractivity contribution in [3.8, 4) is 17.2 Å². The number of nitrogens with zero attached hydrogens (tertiary/aromatic N) is 5. The second-order valence-corrected chi connectivity index (χ2v) is 6.70. The van der Waals surface area contributed by atoms with Gasteiger partial charge in [-0.1, -0.05) is 6.92 Å². The second-order valence-electron chi connectivity index (χ2n) is 6.70. The summed E-state index contributed by atoms with van der Waals surface area (Å²) in [5.74, 6) is 0.717. The molecule has 140 valence electrons. The highest BCUT2D eigenvalue weighted by atomic mass is 16.3. The number of hydrogen-bond acceptors (Lipinski definition) is 6. The maximum Gasteiger partial charge on any atom is 0.146 e. The molecular formula is C21H20N6O. The number of nitriles is 1. The molecule has 0 aliphatic heterocycles. The number of aryl methyl sites for hydroxylation is 1. The van der Waals surface area contributed by atoms with Crippen molar-refractivity contribution in [3.05, 3.63) is 53.7 Å². The van der Waals surface area contributed by atoms with Gasteiger partial charge in [0.15, 0.2) is 0 Å². The Morgan fingerprint density at radius 1 is 1.14 bits per heavy atom. The monoisotopic (exact) mass is 372 g/mol. The first-order valence-electron chi connectivity index (χ1n) is 9.10. The molecule has 28 heavy (non-hydrogen) atoms. The number of aliphatic hydroxyl groups excluding tert-OH is 1. The van der Waals surface area contributed by atoms with E-state index in [9.17, 15) is 10.4 Å². The molecule has 0 aliphatic carbocycles. The lowest BCUT2D eigenvalue weighted by Gasteiger charge is -2.14. The maximum atomic E-state index is 10.1. The van der Waals surface area contributed by atoms with Crippen molar-refractivity contribution in [2.45, 2.75) is 26.4 Å². The molecule has 0 saturated carbocycles. The van der Waals surface area contributed by atoms with Crippen LogP contribution in [0, 0.1) is 18.3 Å². The molecule has 0 aliphatic rings. The third-order valence-corrected chi connectivity index (χ3v) is 4.98. The number of anilines is 1. The average molecular weight is 372 g/mol. The predicted octanol–water partition coefficient (Wildman–Crippen LogP) is 3.61. The van der Waals surface area contributed by atoms with E-state index in [0.29, 0.717) is 23.5 Å². The van der Waals surface area contributed by atoms with Crippen LogP contribution in [0.5, 0.6) is 0 Å². The molecule has 2 N–H and O–H groups in total. The van der Waals surface area contributed by atoms with Crippen molar-refractivity contribution in [2.24, 2.45) is 0 Å². The van der Waals surface area contributed by atoms with Gasteiger partial charge in [-0.2, -0.15) is 5.26 Å². The summed E-state index contributed by atoms with van der Waals surface area (Å²) in [5.41, 5.74) is 5.42. The van der Waals surface area contributed by atoms with Gasteiger partial charge in [-0.3, -0.25) is 9.38 Å². The Balaban J connectivity index is 2.02. The molecule has 7 heteroatoms. The van der Waals surface area contributed by atoms with Gasteiger partial charge in [-0.25, -0.2) is 9.97 Å². The topological polar surface area (TPSA) is 99.1 Å². The number of rotatable bonds is 4. The number of fused-ring (bicyclic) bond motifs is 3. The predicted molar refractivity (Wildman–Crippen MR) is 108 cm³/mol. The Hall–Kier alpha value is -3.50. The minimum Gasteiger partial charge on any atom is -0.387 e. The van der Waals surface area contributed by atoms with E-state index in [1.807, 2.05) is 36.4 Å². The van der Waals surface area contributed by atoms with Crippen LogP contribution in [0.4, 0.5) is 5.82 Å². The van der Waals surface area contributed by atoms with Crippen LogP contribution in [-0.2, 0) is 0 Å². The Kier molecular flexibility index (Phi) is 4.41. The van der Waals surface area contributed by atoms with Gasteiger partial charge in [-0.05, 0) is 31.0 Å². The summed E-state index contributed by atoms with van der Waals surface area (Å²) in [6.07, 6.45) is 5.15. The molecule has 4 rings (SSSR count). The van der Waals surface area contributed by atoms with Gasteiger partial charge in [-0.15, -0.1) is 0 Å². The van der Waals surface area contributed by atoms with Crippen molar-refractivity contribution in [1.29, 1.82) is 5.26 Å². The zero-order valence-electron chi connectivity index (χ0n) is 15.9. The van der Waals surface area contributed by atoms with Crippen LogP contribution in [0.2, 0.25) is 0 Å². The van der Waals surface area contributed by atoms with Gasteiger partial charge >= 0.3 is 0 Å². The minimum absolute atomic E-state index is 0.457. The smallest absolute Gasteiger partial charge is 0.146 e. The van der Waals surface area contributed by atoms with Crippen LogP contribution < -0.4 is 5.32 Å². The van der Waals surface area contributed by atoms with Crippen LogP contribution in [0.3, 0.4) is 0 Å². The van der Waals surface area contributed by atoms with Crippen molar-refractivity contribution in [1.82, 2.24) is 19.4 Å². The fourth-order valence-electron chi connectivity index (χ4n) is 3.43. The first-order chi connectivity index (χ1) is 13.6.